The number of nitrogens with two attached hydrogens (primary N) is 1. The van der Waals surface area contributed by atoms with Crippen LogP contribution in [0.1, 0.15) is 5.56 Å². The van der Waals surface area contributed by atoms with Gasteiger partial charge in [0.05, 0.1) is 18.9 Å². The van der Waals surface area contributed by atoms with Crippen molar-refractivity contribution in [1.29, 1.82) is 0 Å². The van der Waals surface area contributed by atoms with Gasteiger partial charge in [-0.1, -0.05) is 11.6 Å². The number of halogens is 3. The molecule has 0 amide bonds. The third-order valence-electron chi connectivity index (χ3n) is 2.53. The minimum atomic E-state index is -3.78. The summed E-state index contributed by atoms with van der Waals surface area (Å²) in [6, 6.07) is 4.50. The van der Waals surface area contributed by atoms with E-state index in [4.69, 9.17) is 21.5 Å². The lowest BCUT2D eigenvalue weighted by Gasteiger charge is -2.12. The van der Waals surface area contributed by atoms with Gasteiger partial charge in [0, 0.05) is 18.0 Å². The Morgan fingerprint density at radius 3 is 2.43 bits per heavy atom. The summed E-state index contributed by atoms with van der Waals surface area (Å²) >= 11 is 12.5. The Labute approximate surface area is 143 Å². The Morgan fingerprint density at radius 1 is 1.29 bits per heavy atom. The highest BCUT2D eigenvalue weighted by Crippen LogP contribution is 2.36. The molecule has 0 unspecified atom stereocenters. The molecule has 1 aromatic carbocycles. The van der Waals surface area contributed by atoms with Crippen LogP contribution in [0.2, 0.25) is 5.02 Å². The molecule has 1 heterocycles. The Bertz CT molecular complexity index is 761. The van der Waals surface area contributed by atoms with Crippen molar-refractivity contribution in [3.05, 3.63) is 50.1 Å². The summed E-state index contributed by atoms with van der Waals surface area (Å²) in [7, 11) is -3.78. The average molecular weight is 457 g/mol. The monoisotopic (exact) mass is 454 g/mol. The van der Waals surface area contributed by atoms with E-state index in [0.717, 1.165) is 5.56 Å². The molecular formula is C12H9Br2ClN2O3S. The van der Waals surface area contributed by atoms with Crippen molar-refractivity contribution in [1.82, 2.24) is 4.98 Å². The highest BCUT2D eigenvalue weighted by Gasteiger charge is 2.15. The Hall–Kier alpha value is -0.670. The summed E-state index contributed by atoms with van der Waals surface area (Å²) < 4.78 is 29.3. The van der Waals surface area contributed by atoms with Crippen LogP contribution in [-0.2, 0) is 16.6 Å². The predicted octanol–water partition coefficient (Wildman–Crippen LogP) is 3.49. The molecule has 0 fully saturated rings. The average Bonchev–Trinajstić information content (AvgIpc) is 2.38. The van der Waals surface area contributed by atoms with Gasteiger partial charge in [0.2, 0.25) is 10.0 Å². The minimum Gasteiger partial charge on any atom is -0.486 e. The molecule has 0 bridgehead atoms. The normalized spacial score (nSPS) is 11.4. The summed E-state index contributed by atoms with van der Waals surface area (Å²) in [5.41, 5.74) is 0.765. The zero-order valence-electron chi connectivity index (χ0n) is 10.4. The van der Waals surface area contributed by atoms with Crippen LogP contribution in [0.5, 0.6) is 5.75 Å². The molecule has 0 saturated heterocycles. The number of hydrogen-bond acceptors (Lipinski definition) is 4. The molecule has 0 aliphatic rings. The number of nitrogens with zero attached hydrogens (tertiary/aromatic N) is 1. The van der Waals surface area contributed by atoms with Crippen LogP contribution in [0.15, 0.2) is 44.4 Å². The zero-order chi connectivity index (χ0) is 15.6. The number of aromatic nitrogens is 1. The zero-order valence-corrected chi connectivity index (χ0v) is 15.1. The van der Waals surface area contributed by atoms with Gasteiger partial charge in [0.25, 0.3) is 0 Å². The lowest BCUT2D eigenvalue weighted by Crippen LogP contribution is -2.12. The van der Waals surface area contributed by atoms with Crippen LogP contribution < -0.4 is 9.88 Å². The standard InChI is InChI=1S/C12H9Br2ClN2O3S/c13-9-3-8(21(16,18)19)4-10(14)12(9)20-6-7-1-2-17-5-11(7)15/h1-5H,6H2,(H2,16,18,19). The summed E-state index contributed by atoms with van der Waals surface area (Å²) in [6.45, 7) is 0.216. The van der Waals surface area contributed by atoms with E-state index in [-0.39, 0.29) is 11.5 Å². The number of primary sulfonamides is 1. The topological polar surface area (TPSA) is 82.3 Å². The SMILES string of the molecule is NS(=O)(=O)c1cc(Br)c(OCc2ccncc2Cl)c(Br)c1. The molecule has 2 rings (SSSR count). The van der Waals surface area contributed by atoms with E-state index >= 15 is 0 Å². The fourth-order valence-electron chi connectivity index (χ4n) is 1.51. The van der Waals surface area contributed by atoms with Crippen molar-refractivity contribution in [2.24, 2.45) is 5.14 Å². The maximum atomic E-state index is 11.3. The molecule has 0 aliphatic carbocycles. The van der Waals surface area contributed by atoms with Gasteiger partial charge in [0.15, 0.2) is 0 Å². The second-order valence-corrected chi connectivity index (χ2v) is 7.69. The molecule has 5 nitrogen and oxygen atoms in total. The van der Waals surface area contributed by atoms with E-state index in [1.807, 2.05) is 0 Å². The largest absolute Gasteiger partial charge is 0.486 e. The first kappa shape index (κ1) is 16.7. The fraction of sp³-hybridized carbons (Fsp3) is 0.0833. The molecule has 0 atom stereocenters. The summed E-state index contributed by atoms with van der Waals surface area (Å²) in [5, 5.41) is 5.59. The molecule has 2 N–H and O–H groups in total. The Kier molecular flexibility index (Phi) is 5.26. The number of hydrogen-bond donors (Lipinski definition) is 1. The molecule has 21 heavy (non-hydrogen) atoms. The van der Waals surface area contributed by atoms with Crippen molar-refractivity contribution in [3.8, 4) is 5.75 Å². The van der Waals surface area contributed by atoms with E-state index in [1.54, 1.807) is 12.3 Å². The summed E-state index contributed by atoms with van der Waals surface area (Å²) in [6.07, 6.45) is 3.13. The maximum Gasteiger partial charge on any atom is 0.238 e. The van der Waals surface area contributed by atoms with Crippen molar-refractivity contribution in [2.75, 3.05) is 0 Å². The van der Waals surface area contributed by atoms with E-state index < -0.39 is 10.0 Å². The molecular weight excluding hydrogens is 447 g/mol. The molecule has 112 valence electrons. The van der Waals surface area contributed by atoms with Gasteiger partial charge in [-0.15, -0.1) is 0 Å². The van der Waals surface area contributed by atoms with Crippen molar-refractivity contribution in [2.45, 2.75) is 11.5 Å². The molecule has 2 aromatic rings. The van der Waals surface area contributed by atoms with Crippen LogP contribution in [0, 0.1) is 0 Å². The first-order chi connectivity index (χ1) is 9.79. The van der Waals surface area contributed by atoms with E-state index in [9.17, 15) is 8.42 Å². The number of benzene rings is 1. The van der Waals surface area contributed by atoms with Crippen LogP contribution in [-0.4, -0.2) is 13.4 Å². The number of rotatable bonds is 4. The third kappa shape index (κ3) is 4.17. The van der Waals surface area contributed by atoms with Crippen molar-refractivity contribution in [3.63, 3.8) is 0 Å². The molecule has 9 heteroatoms. The van der Waals surface area contributed by atoms with Gasteiger partial charge in [-0.05, 0) is 50.1 Å². The van der Waals surface area contributed by atoms with E-state index in [1.165, 1.54) is 18.3 Å². The van der Waals surface area contributed by atoms with Crippen LogP contribution >= 0.6 is 43.5 Å². The second kappa shape index (κ2) is 6.62. The first-order valence-corrected chi connectivity index (χ1v) is 9.03. The lowest BCUT2D eigenvalue weighted by atomic mass is 10.3. The second-order valence-electron chi connectivity index (χ2n) is 4.02. The van der Waals surface area contributed by atoms with Gasteiger partial charge in [-0.2, -0.15) is 0 Å². The lowest BCUT2D eigenvalue weighted by molar-refractivity contribution is 0.302. The van der Waals surface area contributed by atoms with Gasteiger partial charge in [-0.3, -0.25) is 4.98 Å². The third-order valence-corrected chi connectivity index (χ3v) is 4.94. The predicted molar refractivity (Wildman–Crippen MR) is 86.8 cm³/mol. The fourth-order valence-corrected chi connectivity index (χ4v) is 3.97. The smallest absolute Gasteiger partial charge is 0.238 e. The van der Waals surface area contributed by atoms with Gasteiger partial charge >= 0.3 is 0 Å². The van der Waals surface area contributed by atoms with Gasteiger partial charge in [-0.25, -0.2) is 13.6 Å². The van der Waals surface area contributed by atoms with Gasteiger partial charge in [0.1, 0.15) is 12.4 Å². The molecule has 0 radical (unpaired) electrons. The number of sulfonamides is 1. The highest BCUT2D eigenvalue weighted by molar-refractivity contribution is 9.11. The van der Waals surface area contributed by atoms with Crippen molar-refractivity contribution < 1.29 is 13.2 Å². The highest BCUT2D eigenvalue weighted by atomic mass is 79.9. The Balaban J connectivity index is 2.28. The molecule has 0 aliphatic heterocycles. The first-order valence-electron chi connectivity index (χ1n) is 5.52. The quantitative estimate of drug-likeness (QED) is 0.764. The van der Waals surface area contributed by atoms with Crippen molar-refractivity contribution >= 4 is 53.5 Å². The number of ether oxygens (including phenoxy) is 1. The van der Waals surface area contributed by atoms with E-state index in [2.05, 4.69) is 36.8 Å². The number of pyridine rings is 1. The summed E-state index contributed by atoms with van der Waals surface area (Å²) in [4.78, 5) is 3.87. The van der Waals surface area contributed by atoms with Crippen LogP contribution in [0.25, 0.3) is 0 Å². The van der Waals surface area contributed by atoms with Gasteiger partial charge < -0.3 is 4.74 Å². The molecule has 0 spiro atoms. The maximum absolute atomic E-state index is 11.3. The van der Waals surface area contributed by atoms with Crippen LogP contribution in [0.4, 0.5) is 0 Å². The minimum absolute atomic E-state index is 0.0180. The molecule has 0 saturated carbocycles. The van der Waals surface area contributed by atoms with Crippen LogP contribution in [0.3, 0.4) is 0 Å². The summed E-state index contributed by atoms with van der Waals surface area (Å²) in [5.74, 6) is 0.454. The van der Waals surface area contributed by atoms with E-state index in [0.29, 0.717) is 19.7 Å². The molecule has 1 aromatic heterocycles. The Morgan fingerprint density at radius 2 is 1.90 bits per heavy atom.